The normalized spacial score (nSPS) is 10.6. The number of aromatic nitrogens is 2. The summed E-state index contributed by atoms with van der Waals surface area (Å²) in [4.78, 5) is 17.5. The molecule has 0 aliphatic rings. The first-order valence-corrected chi connectivity index (χ1v) is 9.82. The average molecular weight is 417 g/mol. The van der Waals surface area contributed by atoms with Crippen LogP contribution in [0, 0.1) is 0 Å². The maximum Gasteiger partial charge on any atom is 0.244 e. The predicted octanol–water partition coefficient (Wildman–Crippen LogP) is 4.27. The highest BCUT2D eigenvalue weighted by Gasteiger charge is 2.16. The van der Waals surface area contributed by atoms with Crippen LogP contribution in [0.25, 0.3) is 11.0 Å². The molecule has 0 bridgehead atoms. The van der Waals surface area contributed by atoms with Crippen molar-refractivity contribution in [3.63, 3.8) is 0 Å². The Balaban J connectivity index is 1.56. The number of hydrogen-bond acceptors (Lipinski definition) is 5. The van der Waals surface area contributed by atoms with Gasteiger partial charge in [-0.25, -0.2) is 4.98 Å². The Kier molecular flexibility index (Phi) is 6.03. The molecule has 0 fully saturated rings. The maximum atomic E-state index is 12.9. The highest BCUT2D eigenvalue weighted by Crippen LogP contribution is 2.29. The molecule has 4 aromatic rings. The van der Waals surface area contributed by atoms with Crippen LogP contribution >= 0.6 is 0 Å². The molecule has 0 unspecified atom stereocenters. The van der Waals surface area contributed by atoms with Crippen LogP contribution in [0.5, 0.6) is 17.2 Å². The fourth-order valence-corrected chi connectivity index (χ4v) is 3.31. The number of nitrogens with zero attached hydrogens (tertiary/aromatic N) is 2. The topological polar surface area (TPSA) is 74.6 Å². The third-order valence-corrected chi connectivity index (χ3v) is 4.83. The van der Waals surface area contributed by atoms with Crippen LogP contribution in [0.15, 0.2) is 72.8 Å². The van der Waals surface area contributed by atoms with Crippen LogP contribution in [-0.2, 0) is 17.9 Å². The number of methoxy groups -OCH3 is 2. The van der Waals surface area contributed by atoms with E-state index in [1.807, 2.05) is 59.2 Å². The fraction of sp³-hybridized carbons (Fsp3) is 0.167. The van der Waals surface area contributed by atoms with Crippen LogP contribution in [-0.4, -0.2) is 29.7 Å². The van der Waals surface area contributed by atoms with E-state index in [-0.39, 0.29) is 19.1 Å². The second-order valence-corrected chi connectivity index (χ2v) is 6.82. The summed E-state index contributed by atoms with van der Waals surface area (Å²) in [5.41, 5.74) is 2.25. The van der Waals surface area contributed by atoms with Crippen molar-refractivity contribution in [2.75, 3.05) is 19.5 Å². The van der Waals surface area contributed by atoms with Gasteiger partial charge in [0.15, 0.2) is 0 Å². The van der Waals surface area contributed by atoms with E-state index in [1.165, 1.54) is 0 Å². The maximum absolute atomic E-state index is 12.9. The van der Waals surface area contributed by atoms with Gasteiger partial charge in [0.05, 0.1) is 30.9 Å². The smallest absolute Gasteiger partial charge is 0.244 e. The molecule has 3 aromatic carbocycles. The van der Waals surface area contributed by atoms with Gasteiger partial charge in [0.1, 0.15) is 36.2 Å². The number of imidazole rings is 1. The van der Waals surface area contributed by atoms with Gasteiger partial charge >= 0.3 is 0 Å². The van der Waals surface area contributed by atoms with Crippen molar-refractivity contribution in [3.05, 3.63) is 78.6 Å². The standard InChI is InChI=1S/C24H23N3O4/c1-29-18-12-13-20(22(14-18)30-2)26-24(28)15-27-21-11-7-6-10-19(21)25-23(27)16-31-17-8-4-3-5-9-17/h3-14H,15-16H2,1-2H3,(H,26,28). The molecular formula is C24H23N3O4. The lowest BCUT2D eigenvalue weighted by atomic mass is 10.2. The highest BCUT2D eigenvalue weighted by molar-refractivity contribution is 5.93. The van der Waals surface area contributed by atoms with Crippen molar-refractivity contribution >= 4 is 22.6 Å². The molecule has 1 amide bonds. The first-order chi connectivity index (χ1) is 15.2. The molecule has 158 valence electrons. The lowest BCUT2D eigenvalue weighted by Gasteiger charge is -2.13. The summed E-state index contributed by atoms with van der Waals surface area (Å²) >= 11 is 0. The number of nitrogens with one attached hydrogen (secondary N) is 1. The second-order valence-electron chi connectivity index (χ2n) is 6.82. The van der Waals surface area contributed by atoms with E-state index in [0.717, 1.165) is 16.8 Å². The van der Waals surface area contributed by atoms with Crippen molar-refractivity contribution in [2.24, 2.45) is 0 Å². The van der Waals surface area contributed by atoms with E-state index in [9.17, 15) is 4.79 Å². The molecule has 0 spiro atoms. The van der Waals surface area contributed by atoms with Gasteiger partial charge in [0.25, 0.3) is 0 Å². The molecule has 1 N–H and O–H groups in total. The molecular weight excluding hydrogens is 394 g/mol. The van der Waals surface area contributed by atoms with Gasteiger partial charge < -0.3 is 24.1 Å². The number of rotatable bonds is 8. The first kappa shape index (κ1) is 20.3. The number of benzene rings is 3. The molecule has 0 saturated heterocycles. The summed E-state index contributed by atoms with van der Waals surface area (Å²) in [5.74, 6) is 2.38. The molecule has 0 saturated carbocycles. The largest absolute Gasteiger partial charge is 0.497 e. The molecule has 0 radical (unpaired) electrons. The molecule has 0 atom stereocenters. The average Bonchev–Trinajstić information content (AvgIpc) is 3.15. The minimum Gasteiger partial charge on any atom is -0.497 e. The molecule has 0 aliphatic carbocycles. The number of amides is 1. The van der Waals surface area contributed by atoms with Crippen LogP contribution < -0.4 is 19.5 Å². The van der Waals surface area contributed by atoms with Crippen LogP contribution in [0.2, 0.25) is 0 Å². The summed E-state index contributed by atoms with van der Waals surface area (Å²) in [6.45, 7) is 0.334. The van der Waals surface area contributed by atoms with E-state index in [4.69, 9.17) is 14.2 Å². The fourth-order valence-electron chi connectivity index (χ4n) is 3.31. The molecule has 4 rings (SSSR count). The van der Waals surface area contributed by atoms with Gasteiger partial charge in [0.2, 0.25) is 5.91 Å². The van der Waals surface area contributed by atoms with Gasteiger partial charge in [0, 0.05) is 6.07 Å². The number of para-hydroxylation sites is 3. The van der Waals surface area contributed by atoms with Crippen molar-refractivity contribution in [2.45, 2.75) is 13.2 Å². The number of anilines is 1. The summed E-state index contributed by atoms with van der Waals surface area (Å²) in [5, 5.41) is 2.91. The van der Waals surface area contributed by atoms with Crippen LogP contribution in [0.3, 0.4) is 0 Å². The number of ether oxygens (including phenoxy) is 3. The third kappa shape index (κ3) is 4.61. The summed E-state index contributed by atoms with van der Waals surface area (Å²) in [6, 6.07) is 22.5. The SMILES string of the molecule is COc1ccc(NC(=O)Cn2c(COc3ccccc3)nc3ccccc32)c(OC)c1. The van der Waals surface area contributed by atoms with Crippen molar-refractivity contribution in [1.82, 2.24) is 9.55 Å². The Morgan fingerprint density at radius 1 is 0.935 bits per heavy atom. The van der Waals surface area contributed by atoms with Crippen molar-refractivity contribution in [3.8, 4) is 17.2 Å². The van der Waals surface area contributed by atoms with Crippen LogP contribution in [0.1, 0.15) is 5.82 Å². The Bertz CT molecular complexity index is 1190. The van der Waals surface area contributed by atoms with Gasteiger partial charge in [-0.05, 0) is 36.4 Å². The minimum atomic E-state index is -0.201. The van der Waals surface area contributed by atoms with Gasteiger partial charge in [-0.15, -0.1) is 0 Å². The molecule has 7 heteroatoms. The summed E-state index contributed by atoms with van der Waals surface area (Å²) in [7, 11) is 3.13. The predicted molar refractivity (Wildman–Crippen MR) is 119 cm³/mol. The quantitative estimate of drug-likeness (QED) is 0.463. The van der Waals surface area contributed by atoms with E-state index >= 15 is 0 Å². The number of fused-ring (bicyclic) bond motifs is 1. The first-order valence-electron chi connectivity index (χ1n) is 9.82. The molecule has 1 aromatic heterocycles. The number of carbonyl (C=O) groups excluding carboxylic acids is 1. The lowest BCUT2D eigenvalue weighted by molar-refractivity contribution is -0.116. The van der Waals surface area contributed by atoms with E-state index in [2.05, 4.69) is 10.3 Å². The zero-order chi connectivity index (χ0) is 21.6. The molecule has 0 aliphatic heterocycles. The highest BCUT2D eigenvalue weighted by atomic mass is 16.5. The lowest BCUT2D eigenvalue weighted by Crippen LogP contribution is -2.21. The zero-order valence-electron chi connectivity index (χ0n) is 17.4. The Hall–Kier alpha value is -4.00. The van der Waals surface area contributed by atoms with E-state index < -0.39 is 0 Å². The molecule has 31 heavy (non-hydrogen) atoms. The minimum absolute atomic E-state index is 0.0865. The summed E-state index contributed by atoms with van der Waals surface area (Å²) < 4.78 is 18.3. The van der Waals surface area contributed by atoms with Gasteiger partial charge in [-0.2, -0.15) is 0 Å². The van der Waals surface area contributed by atoms with E-state index in [0.29, 0.717) is 23.0 Å². The monoisotopic (exact) mass is 417 g/mol. The van der Waals surface area contributed by atoms with E-state index in [1.54, 1.807) is 32.4 Å². The summed E-state index contributed by atoms with van der Waals surface area (Å²) in [6.07, 6.45) is 0. The second kappa shape index (κ2) is 9.21. The Morgan fingerprint density at radius 2 is 1.71 bits per heavy atom. The van der Waals surface area contributed by atoms with Gasteiger partial charge in [-0.1, -0.05) is 30.3 Å². The Morgan fingerprint density at radius 3 is 2.48 bits per heavy atom. The third-order valence-electron chi connectivity index (χ3n) is 4.83. The molecule has 1 heterocycles. The van der Waals surface area contributed by atoms with Crippen molar-refractivity contribution in [1.29, 1.82) is 0 Å². The number of hydrogen-bond donors (Lipinski definition) is 1. The number of carbonyl (C=O) groups is 1. The zero-order valence-corrected chi connectivity index (χ0v) is 17.4. The van der Waals surface area contributed by atoms with Crippen molar-refractivity contribution < 1.29 is 19.0 Å². The molecule has 7 nitrogen and oxygen atoms in total. The van der Waals surface area contributed by atoms with Gasteiger partial charge in [-0.3, -0.25) is 4.79 Å². The van der Waals surface area contributed by atoms with Crippen LogP contribution in [0.4, 0.5) is 5.69 Å². The Labute approximate surface area is 180 Å².